The minimum absolute atomic E-state index is 0.747. The molecule has 0 aliphatic carbocycles. The van der Waals surface area contributed by atoms with Gasteiger partial charge in [-0.25, -0.2) is 4.68 Å². The lowest BCUT2D eigenvalue weighted by molar-refractivity contribution is 0.644. The Morgan fingerprint density at radius 2 is 1.89 bits per heavy atom. The molecule has 0 saturated carbocycles. The Morgan fingerprint density at radius 3 is 2.58 bits per heavy atom. The molecule has 0 unspecified atom stereocenters. The third-order valence-electron chi connectivity index (χ3n) is 3.44. The first-order valence-corrected chi connectivity index (χ1v) is 6.85. The van der Waals surface area contributed by atoms with Crippen LogP contribution in [0.4, 0.5) is 0 Å². The van der Waals surface area contributed by atoms with Crippen LogP contribution in [0.1, 0.15) is 35.2 Å². The molecule has 19 heavy (non-hydrogen) atoms. The molecule has 0 fully saturated rings. The lowest BCUT2D eigenvalue weighted by atomic mass is 10.0. The third kappa shape index (κ3) is 3.64. The molecule has 4 heteroatoms. The molecule has 4 nitrogen and oxygen atoms in total. The van der Waals surface area contributed by atoms with Crippen molar-refractivity contribution in [2.45, 2.75) is 39.7 Å². The highest BCUT2D eigenvalue weighted by Gasteiger charge is 2.05. The Labute approximate surface area is 114 Å². The summed E-state index contributed by atoms with van der Waals surface area (Å²) in [7, 11) is 0. The predicted molar refractivity (Wildman–Crippen MR) is 77.0 cm³/mol. The summed E-state index contributed by atoms with van der Waals surface area (Å²) in [5, 5.41) is 8.42. The van der Waals surface area contributed by atoms with Crippen LogP contribution in [0.2, 0.25) is 0 Å². The first kappa shape index (κ1) is 13.7. The molecule has 1 aromatic heterocycles. The van der Waals surface area contributed by atoms with Gasteiger partial charge in [-0.15, -0.1) is 5.10 Å². The zero-order valence-corrected chi connectivity index (χ0v) is 11.8. The SMILES string of the molecule is Cc1cccc(C)c1Cn1cc(CCCCN)nn1. The molecule has 1 aromatic carbocycles. The fourth-order valence-electron chi connectivity index (χ4n) is 2.24. The van der Waals surface area contributed by atoms with E-state index in [1.807, 2.05) is 10.9 Å². The van der Waals surface area contributed by atoms with Crippen molar-refractivity contribution < 1.29 is 0 Å². The van der Waals surface area contributed by atoms with E-state index in [1.165, 1.54) is 16.7 Å². The molecular formula is C15H22N4. The van der Waals surface area contributed by atoms with E-state index in [9.17, 15) is 0 Å². The van der Waals surface area contributed by atoms with Crippen LogP contribution < -0.4 is 5.73 Å². The maximum absolute atomic E-state index is 5.49. The topological polar surface area (TPSA) is 56.7 Å². The summed E-state index contributed by atoms with van der Waals surface area (Å²) >= 11 is 0. The summed E-state index contributed by atoms with van der Waals surface area (Å²) in [4.78, 5) is 0. The van der Waals surface area contributed by atoms with Gasteiger partial charge in [-0.3, -0.25) is 0 Å². The number of rotatable bonds is 6. The number of nitrogens with two attached hydrogens (primary N) is 1. The van der Waals surface area contributed by atoms with E-state index in [1.54, 1.807) is 0 Å². The average molecular weight is 258 g/mol. The van der Waals surface area contributed by atoms with Crippen molar-refractivity contribution in [3.63, 3.8) is 0 Å². The Balaban J connectivity index is 2.03. The molecule has 0 atom stereocenters. The second kappa shape index (κ2) is 6.48. The largest absolute Gasteiger partial charge is 0.330 e. The second-order valence-corrected chi connectivity index (χ2v) is 5.02. The Hall–Kier alpha value is -1.68. The molecular weight excluding hydrogens is 236 g/mol. The summed E-state index contributed by atoms with van der Waals surface area (Å²) < 4.78 is 1.92. The third-order valence-corrected chi connectivity index (χ3v) is 3.44. The molecule has 0 spiro atoms. The average Bonchev–Trinajstić information content (AvgIpc) is 2.82. The van der Waals surface area contributed by atoms with Crippen molar-refractivity contribution >= 4 is 0 Å². The zero-order chi connectivity index (χ0) is 13.7. The summed E-state index contributed by atoms with van der Waals surface area (Å²) in [5.74, 6) is 0. The number of hydrogen-bond acceptors (Lipinski definition) is 3. The van der Waals surface area contributed by atoms with Gasteiger partial charge in [0.05, 0.1) is 12.2 Å². The summed E-state index contributed by atoms with van der Waals surface area (Å²) in [6, 6.07) is 6.37. The van der Waals surface area contributed by atoms with E-state index < -0.39 is 0 Å². The number of aromatic nitrogens is 3. The van der Waals surface area contributed by atoms with Gasteiger partial charge in [-0.05, 0) is 56.3 Å². The molecule has 0 bridgehead atoms. The maximum Gasteiger partial charge on any atom is 0.0827 e. The standard InChI is InChI=1S/C15H22N4/c1-12-6-5-7-13(2)15(12)11-19-10-14(17-18-19)8-3-4-9-16/h5-7,10H,3-4,8-9,11,16H2,1-2H3. The molecule has 2 aromatic rings. The van der Waals surface area contributed by atoms with Gasteiger partial charge in [-0.1, -0.05) is 23.4 Å². The summed E-state index contributed by atoms with van der Waals surface area (Å²) in [6.07, 6.45) is 5.13. The number of unbranched alkanes of at least 4 members (excludes halogenated alkanes) is 1. The van der Waals surface area contributed by atoms with Crippen molar-refractivity contribution in [3.8, 4) is 0 Å². The van der Waals surface area contributed by atoms with Crippen molar-refractivity contribution in [2.24, 2.45) is 5.73 Å². The number of benzene rings is 1. The van der Waals surface area contributed by atoms with Crippen LogP contribution in [0, 0.1) is 13.8 Å². The number of hydrogen-bond donors (Lipinski definition) is 1. The highest BCUT2D eigenvalue weighted by atomic mass is 15.4. The van der Waals surface area contributed by atoms with Gasteiger partial charge in [0, 0.05) is 6.20 Å². The summed E-state index contributed by atoms with van der Waals surface area (Å²) in [6.45, 7) is 5.82. The molecule has 0 amide bonds. The molecule has 0 aliphatic heterocycles. The molecule has 102 valence electrons. The quantitative estimate of drug-likeness (QED) is 0.808. The summed E-state index contributed by atoms with van der Waals surface area (Å²) in [5.41, 5.74) is 10.5. The lowest BCUT2D eigenvalue weighted by Crippen LogP contribution is -2.04. The van der Waals surface area contributed by atoms with Gasteiger partial charge in [0.25, 0.3) is 0 Å². The monoisotopic (exact) mass is 258 g/mol. The van der Waals surface area contributed by atoms with Crippen molar-refractivity contribution in [3.05, 3.63) is 46.8 Å². The van der Waals surface area contributed by atoms with Gasteiger partial charge < -0.3 is 5.73 Å². The van der Waals surface area contributed by atoms with Crippen molar-refractivity contribution in [1.82, 2.24) is 15.0 Å². The van der Waals surface area contributed by atoms with Gasteiger partial charge in [0.15, 0.2) is 0 Å². The zero-order valence-electron chi connectivity index (χ0n) is 11.8. The van der Waals surface area contributed by atoms with Crippen LogP contribution >= 0.6 is 0 Å². The minimum atomic E-state index is 0.747. The predicted octanol–water partition coefficient (Wildman–Crippen LogP) is 2.22. The van der Waals surface area contributed by atoms with Gasteiger partial charge in [0.2, 0.25) is 0 Å². The molecule has 0 radical (unpaired) electrons. The maximum atomic E-state index is 5.49. The highest BCUT2D eigenvalue weighted by Crippen LogP contribution is 2.14. The molecule has 0 saturated heterocycles. The van der Waals surface area contributed by atoms with E-state index in [2.05, 4.69) is 42.4 Å². The van der Waals surface area contributed by atoms with E-state index >= 15 is 0 Å². The normalized spacial score (nSPS) is 10.9. The van der Waals surface area contributed by atoms with Crippen molar-refractivity contribution in [2.75, 3.05) is 6.54 Å². The molecule has 1 heterocycles. The van der Waals surface area contributed by atoms with Crippen LogP contribution in [0.25, 0.3) is 0 Å². The van der Waals surface area contributed by atoms with E-state index in [4.69, 9.17) is 5.73 Å². The Kier molecular flexibility index (Phi) is 4.68. The first-order valence-electron chi connectivity index (χ1n) is 6.85. The fraction of sp³-hybridized carbons (Fsp3) is 0.467. The van der Waals surface area contributed by atoms with E-state index in [0.29, 0.717) is 0 Å². The highest BCUT2D eigenvalue weighted by molar-refractivity contribution is 5.33. The molecule has 0 aliphatic rings. The van der Waals surface area contributed by atoms with Gasteiger partial charge in [-0.2, -0.15) is 0 Å². The number of nitrogens with zero attached hydrogens (tertiary/aromatic N) is 3. The van der Waals surface area contributed by atoms with Crippen LogP contribution in [-0.2, 0) is 13.0 Å². The smallest absolute Gasteiger partial charge is 0.0827 e. The molecule has 2 N–H and O–H groups in total. The van der Waals surface area contributed by atoms with Gasteiger partial charge in [0.1, 0.15) is 0 Å². The Bertz CT molecular complexity index is 510. The second-order valence-electron chi connectivity index (χ2n) is 5.02. The van der Waals surface area contributed by atoms with Crippen molar-refractivity contribution in [1.29, 1.82) is 0 Å². The molecule has 2 rings (SSSR count). The minimum Gasteiger partial charge on any atom is -0.330 e. The Morgan fingerprint density at radius 1 is 1.16 bits per heavy atom. The van der Waals surface area contributed by atoms with Crippen LogP contribution in [0.5, 0.6) is 0 Å². The van der Waals surface area contributed by atoms with E-state index in [-0.39, 0.29) is 0 Å². The van der Waals surface area contributed by atoms with Crippen LogP contribution in [0.15, 0.2) is 24.4 Å². The van der Waals surface area contributed by atoms with Gasteiger partial charge >= 0.3 is 0 Å². The lowest BCUT2D eigenvalue weighted by Gasteiger charge is -2.08. The van der Waals surface area contributed by atoms with Crippen LogP contribution in [0.3, 0.4) is 0 Å². The fourth-order valence-corrected chi connectivity index (χ4v) is 2.24. The van der Waals surface area contributed by atoms with Crippen LogP contribution in [-0.4, -0.2) is 21.5 Å². The first-order chi connectivity index (χ1) is 9.20. The number of aryl methyl sites for hydroxylation is 3. The van der Waals surface area contributed by atoms with E-state index in [0.717, 1.165) is 38.0 Å².